The third-order valence-corrected chi connectivity index (χ3v) is 0.881. The van der Waals surface area contributed by atoms with Gasteiger partial charge in [-0.15, -0.1) is 5.59 Å². The molecule has 8 heavy (non-hydrogen) atoms. The molecule has 0 radical (unpaired) electrons. The average molecular weight is 118 g/mol. The lowest BCUT2D eigenvalue weighted by Crippen LogP contribution is -2.23. The Morgan fingerprint density at radius 3 is 2.62 bits per heavy atom. The SMILES string of the molecule is CC(C)CCONN. The van der Waals surface area contributed by atoms with E-state index in [0.29, 0.717) is 12.5 Å². The maximum atomic E-state index is 4.84. The molecular formula is C5H14N2O. The molecule has 50 valence electrons. The van der Waals surface area contributed by atoms with Gasteiger partial charge in [0.25, 0.3) is 0 Å². The molecule has 0 aliphatic carbocycles. The summed E-state index contributed by atoms with van der Waals surface area (Å²) in [5.74, 6) is 5.53. The van der Waals surface area contributed by atoms with Gasteiger partial charge in [-0.3, -0.25) is 4.84 Å². The van der Waals surface area contributed by atoms with Gasteiger partial charge in [-0.2, -0.15) is 0 Å². The quantitative estimate of drug-likeness (QED) is 0.319. The maximum absolute atomic E-state index is 4.84. The van der Waals surface area contributed by atoms with Gasteiger partial charge in [0.05, 0.1) is 6.61 Å². The first-order chi connectivity index (χ1) is 3.77. The Bertz CT molecular complexity index is 47.7. The van der Waals surface area contributed by atoms with Gasteiger partial charge in [0.15, 0.2) is 0 Å². The second-order valence-electron chi connectivity index (χ2n) is 2.15. The first-order valence-corrected chi connectivity index (χ1v) is 2.84. The summed E-state index contributed by atoms with van der Waals surface area (Å²) >= 11 is 0. The minimum Gasteiger partial charge on any atom is -0.287 e. The van der Waals surface area contributed by atoms with E-state index < -0.39 is 0 Å². The molecule has 0 atom stereocenters. The van der Waals surface area contributed by atoms with Crippen LogP contribution < -0.4 is 11.4 Å². The summed E-state index contributed by atoms with van der Waals surface area (Å²) < 4.78 is 0. The summed E-state index contributed by atoms with van der Waals surface area (Å²) in [6, 6.07) is 0. The van der Waals surface area contributed by atoms with Crippen molar-refractivity contribution in [1.82, 2.24) is 5.59 Å². The first kappa shape index (κ1) is 7.88. The summed E-state index contributed by atoms with van der Waals surface area (Å²) in [6.45, 7) is 4.97. The van der Waals surface area contributed by atoms with E-state index in [4.69, 9.17) is 5.84 Å². The molecule has 0 rings (SSSR count). The van der Waals surface area contributed by atoms with Gasteiger partial charge < -0.3 is 0 Å². The van der Waals surface area contributed by atoms with Crippen molar-refractivity contribution in [3.8, 4) is 0 Å². The zero-order valence-electron chi connectivity index (χ0n) is 5.48. The molecule has 0 heterocycles. The molecule has 0 aromatic heterocycles. The molecule has 3 N–H and O–H groups in total. The molecule has 0 spiro atoms. The minimum atomic E-state index is 0.684. The van der Waals surface area contributed by atoms with Crippen molar-refractivity contribution in [3.63, 3.8) is 0 Å². The lowest BCUT2D eigenvalue weighted by Gasteiger charge is -2.02. The van der Waals surface area contributed by atoms with Crippen LogP contribution in [0.15, 0.2) is 0 Å². The molecule has 0 aliphatic rings. The lowest BCUT2D eigenvalue weighted by molar-refractivity contribution is 0.0345. The van der Waals surface area contributed by atoms with Crippen LogP contribution >= 0.6 is 0 Å². The van der Waals surface area contributed by atoms with E-state index in [1.165, 1.54) is 0 Å². The Morgan fingerprint density at radius 1 is 1.62 bits per heavy atom. The Balaban J connectivity index is 2.72. The molecule has 0 unspecified atom stereocenters. The molecule has 0 amide bonds. The van der Waals surface area contributed by atoms with E-state index in [-0.39, 0.29) is 0 Å². The summed E-state index contributed by atoms with van der Waals surface area (Å²) in [5.41, 5.74) is 2.12. The van der Waals surface area contributed by atoms with Gasteiger partial charge in [-0.1, -0.05) is 13.8 Å². The van der Waals surface area contributed by atoms with E-state index in [0.717, 1.165) is 6.42 Å². The van der Waals surface area contributed by atoms with Crippen molar-refractivity contribution >= 4 is 0 Å². The molecule has 0 aliphatic heterocycles. The molecule has 0 aromatic rings. The van der Waals surface area contributed by atoms with Crippen LogP contribution in [-0.2, 0) is 4.84 Å². The van der Waals surface area contributed by atoms with Crippen molar-refractivity contribution in [2.24, 2.45) is 11.8 Å². The summed E-state index contributed by atoms with van der Waals surface area (Å²) in [4.78, 5) is 4.67. The van der Waals surface area contributed by atoms with Gasteiger partial charge in [0.1, 0.15) is 0 Å². The summed E-state index contributed by atoms with van der Waals surface area (Å²) in [6.07, 6.45) is 1.05. The number of rotatable bonds is 4. The molecule has 0 fully saturated rings. The van der Waals surface area contributed by atoms with E-state index in [2.05, 4.69) is 24.3 Å². The third kappa shape index (κ3) is 5.88. The standard InChI is InChI=1S/C5H14N2O/c1-5(2)3-4-8-7-6/h5,7H,3-4,6H2,1-2H3. The van der Waals surface area contributed by atoms with Gasteiger partial charge in [0, 0.05) is 0 Å². The van der Waals surface area contributed by atoms with Gasteiger partial charge in [-0.05, 0) is 12.3 Å². The molecule has 0 saturated carbocycles. The smallest absolute Gasteiger partial charge is 0.0701 e. The Morgan fingerprint density at radius 2 is 2.25 bits per heavy atom. The van der Waals surface area contributed by atoms with Crippen molar-refractivity contribution in [2.75, 3.05) is 6.61 Å². The van der Waals surface area contributed by atoms with Crippen LogP contribution in [0.3, 0.4) is 0 Å². The number of nitrogens with one attached hydrogen (secondary N) is 1. The summed E-state index contributed by atoms with van der Waals surface area (Å²) in [5, 5.41) is 0. The normalized spacial score (nSPS) is 10.5. The average Bonchev–Trinajstić information content (AvgIpc) is 1.66. The molecule has 3 heteroatoms. The predicted molar refractivity (Wildman–Crippen MR) is 32.7 cm³/mol. The lowest BCUT2D eigenvalue weighted by atomic mass is 10.1. The van der Waals surface area contributed by atoms with Crippen LogP contribution in [0.1, 0.15) is 20.3 Å². The van der Waals surface area contributed by atoms with Crippen LogP contribution in [0.5, 0.6) is 0 Å². The number of nitrogens with two attached hydrogens (primary N) is 1. The topological polar surface area (TPSA) is 47.3 Å². The number of hydrogen-bond acceptors (Lipinski definition) is 3. The molecule has 0 bridgehead atoms. The minimum absolute atomic E-state index is 0.684. The monoisotopic (exact) mass is 118 g/mol. The molecular weight excluding hydrogens is 104 g/mol. The van der Waals surface area contributed by atoms with Crippen molar-refractivity contribution in [3.05, 3.63) is 0 Å². The fourth-order valence-electron chi connectivity index (χ4n) is 0.354. The zero-order valence-corrected chi connectivity index (χ0v) is 5.48. The highest BCUT2D eigenvalue weighted by Gasteiger charge is 1.90. The Hall–Kier alpha value is -0.120. The molecule has 3 nitrogen and oxygen atoms in total. The Kier molecular flexibility index (Phi) is 4.95. The van der Waals surface area contributed by atoms with Gasteiger partial charge in [-0.25, -0.2) is 5.84 Å². The third-order valence-electron chi connectivity index (χ3n) is 0.881. The van der Waals surface area contributed by atoms with Gasteiger partial charge in [0.2, 0.25) is 0 Å². The maximum Gasteiger partial charge on any atom is 0.0701 e. The Labute approximate surface area is 50.1 Å². The van der Waals surface area contributed by atoms with Crippen molar-refractivity contribution in [2.45, 2.75) is 20.3 Å². The molecule has 0 aromatic carbocycles. The fourth-order valence-corrected chi connectivity index (χ4v) is 0.354. The molecule has 0 saturated heterocycles. The van der Waals surface area contributed by atoms with E-state index in [1.54, 1.807) is 0 Å². The van der Waals surface area contributed by atoms with Crippen molar-refractivity contribution < 1.29 is 4.84 Å². The second kappa shape index (κ2) is 5.03. The first-order valence-electron chi connectivity index (χ1n) is 2.84. The van der Waals surface area contributed by atoms with Crippen LogP contribution in [0, 0.1) is 5.92 Å². The highest BCUT2D eigenvalue weighted by atomic mass is 16.7. The van der Waals surface area contributed by atoms with E-state index in [9.17, 15) is 0 Å². The largest absolute Gasteiger partial charge is 0.287 e. The second-order valence-corrected chi connectivity index (χ2v) is 2.15. The van der Waals surface area contributed by atoms with Crippen LogP contribution in [0.25, 0.3) is 0 Å². The van der Waals surface area contributed by atoms with Crippen LogP contribution in [0.2, 0.25) is 0 Å². The summed E-state index contributed by atoms with van der Waals surface area (Å²) in [7, 11) is 0. The van der Waals surface area contributed by atoms with E-state index in [1.807, 2.05) is 0 Å². The van der Waals surface area contributed by atoms with Crippen molar-refractivity contribution in [1.29, 1.82) is 0 Å². The predicted octanol–water partition coefficient (Wildman–Crippen LogP) is 0.427. The zero-order chi connectivity index (χ0) is 6.41. The van der Waals surface area contributed by atoms with Crippen LogP contribution in [0.4, 0.5) is 0 Å². The highest BCUT2D eigenvalue weighted by Crippen LogP contribution is 1.96. The van der Waals surface area contributed by atoms with Gasteiger partial charge >= 0.3 is 0 Å². The fraction of sp³-hybridized carbons (Fsp3) is 1.00. The number of hydrogen-bond donors (Lipinski definition) is 2. The highest BCUT2D eigenvalue weighted by molar-refractivity contribution is 4.40. The number of hydrazine groups is 1. The van der Waals surface area contributed by atoms with Crippen LogP contribution in [-0.4, -0.2) is 6.61 Å². The van der Waals surface area contributed by atoms with E-state index >= 15 is 0 Å².